The summed E-state index contributed by atoms with van der Waals surface area (Å²) in [4.78, 5) is 28.0. The molecule has 2 aromatic heterocycles. The van der Waals surface area contributed by atoms with Crippen molar-refractivity contribution in [3.8, 4) is 0 Å². The first-order valence-electron chi connectivity index (χ1n) is 12.7. The third kappa shape index (κ3) is 6.48. The van der Waals surface area contributed by atoms with Gasteiger partial charge in [-0.15, -0.1) is 0 Å². The number of morpholine rings is 1. The van der Waals surface area contributed by atoms with Crippen molar-refractivity contribution >= 4 is 51.6 Å². The van der Waals surface area contributed by atoms with Gasteiger partial charge in [0.25, 0.3) is 5.91 Å². The van der Waals surface area contributed by atoms with E-state index in [2.05, 4.69) is 30.9 Å². The van der Waals surface area contributed by atoms with E-state index in [1.807, 2.05) is 66.4 Å². The van der Waals surface area contributed by atoms with Gasteiger partial charge >= 0.3 is 0 Å². The third-order valence-corrected chi connectivity index (χ3v) is 6.45. The quantitative estimate of drug-likeness (QED) is 0.256. The normalized spacial score (nSPS) is 13.4. The van der Waals surface area contributed by atoms with Crippen molar-refractivity contribution in [2.24, 2.45) is 0 Å². The highest BCUT2D eigenvalue weighted by molar-refractivity contribution is 6.31. The zero-order chi connectivity index (χ0) is 26.3. The molecule has 0 radical (unpaired) electrons. The van der Waals surface area contributed by atoms with Crippen LogP contribution in [-0.2, 0) is 4.74 Å². The SMILES string of the molecule is Cc1cc(Nc2ccc(C(=O)N3CCOCC3)cc2)nc(NCCCNc2ccnc3cc(Cl)ccc23)n1. The minimum Gasteiger partial charge on any atom is -0.384 e. The maximum atomic E-state index is 12.7. The van der Waals surface area contributed by atoms with Crippen LogP contribution in [0.25, 0.3) is 10.9 Å². The van der Waals surface area contributed by atoms with E-state index in [9.17, 15) is 4.79 Å². The molecule has 10 heteroatoms. The number of carbonyl (C=O) groups excluding carboxylic acids is 1. The minimum absolute atomic E-state index is 0.0280. The summed E-state index contributed by atoms with van der Waals surface area (Å²) in [7, 11) is 0. The first-order chi connectivity index (χ1) is 18.5. The van der Waals surface area contributed by atoms with Gasteiger partial charge in [-0.3, -0.25) is 9.78 Å². The summed E-state index contributed by atoms with van der Waals surface area (Å²) < 4.78 is 5.33. The van der Waals surface area contributed by atoms with Gasteiger partial charge in [-0.1, -0.05) is 11.6 Å². The van der Waals surface area contributed by atoms with E-state index in [0.29, 0.717) is 55.2 Å². The van der Waals surface area contributed by atoms with Crippen molar-refractivity contribution in [1.82, 2.24) is 19.9 Å². The second kappa shape index (κ2) is 12.1. The number of amides is 1. The highest BCUT2D eigenvalue weighted by atomic mass is 35.5. The monoisotopic (exact) mass is 531 g/mol. The molecule has 1 saturated heterocycles. The summed E-state index contributed by atoms with van der Waals surface area (Å²) in [5.41, 5.74) is 4.26. The molecule has 5 rings (SSSR count). The summed E-state index contributed by atoms with van der Waals surface area (Å²) in [6.45, 7) is 5.85. The zero-order valence-electron chi connectivity index (χ0n) is 21.2. The fourth-order valence-corrected chi connectivity index (χ4v) is 4.46. The highest BCUT2D eigenvalue weighted by Gasteiger charge is 2.18. The summed E-state index contributed by atoms with van der Waals surface area (Å²) >= 11 is 6.08. The van der Waals surface area contributed by atoms with E-state index in [4.69, 9.17) is 16.3 Å². The number of hydrogen-bond acceptors (Lipinski definition) is 8. The molecule has 4 aromatic rings. The summed E-state index contributed by atoms with van der Waals surface area (Å²) in [5.74, 6) is 1.28. The van der Waals surface area contributed by atoms with E-state index < -0.39 is 0 Å². The van der Waals surface area contributed by atoms with E-state index in [-0.39, 0.29) is 5.91 Å². The average molecular weight is 532 g/mol. The van der Waals surface area contributed by atoms with Crippen LogP contribution in [0.5, 0.6) is 0 Å². The number of hydrogen-bond donors (Lipinski definition) is 3. The van der Waals surface area contributed by atoms with Crippen LogP contribution in [0.15, 0.2) is 60.8 Å². The topological polar surface area (TPSA) is 104 Å². The molecule has 1 amide bonds. The number of benzene rings is 2. The average Bonchev–Trinajstić information content (AvgIpc) is 2.93. The molecular formula is C28H30ClN7O2. The Labute approximate surface area is 226 Å². The summed E-state index contributed by atoms with van der Waals surface area (Å²) in [6, 6.07) is 17.0. The lowest BCUT2D eigenvalue weighted by Crippen LogP contribution is -2.40. The molecule has 196 valence electrons. The number of halogens is 1. The molecule has 1 aliphatic heterocycles. The first kappa shape index (κ1) is 25.7. The Kier molecular flexibility index (Phi) is 8.15. The summed E-state index contributed by atoms with van der Waals surface area (Å²) in [5, 5.41) is 11.8. The van der Waals surface area contributed by atoms with E-state index >= 15 is 0 Å². The molecule has 9 nitrogen and oxygen atoms in total. The van der Waals surface area contributed by atoms with Crippen LogP contribution in [-0.4, -0.2) is 65.2 Å². The Morgan fingerprint density at radius 2 is 1.79 bits per heavy atom. The summed E-state index contributed by atoms with van der Waals surface area (Å²) in [6.07, 6.45) is 2.65. The Morgan fingerprint density at radius 1 is 1.00 bits per heavy atom. The second-order valence-corrected chi connectivity index (χ2v) is 9.49. The number of aromatic nitrogens is 3. The number of nitrogens with one attached hydrogen (secondary N) is 3. The second-order valence-electron chi connectivity index (χ2n) is 9.05. The molecule has 0 saturated carbocycles. The third-order valence-electron chi connectivity index (χ3n) is 6.21. The molecular weight excluding hydrogens is 502 g/mol. The predicted molar refractivity (Wildman–Crippen MR) is 152 cm³/mol. The number of fused-ring (bicyclic) bond motifs is 1. The van der Waals surface area contributed by atoms with Gasteiger partial charge in [0.1, 0.15) is 5.82 Å². The number of rotatable bonds is 9. The van der Waals surface area contributed by atoms with Crippen LogP contribution in [0.3, 0.4) is 0 Å². The maximum absolute atomic E-state index is 12.7. The van der Waals surface area contributed by atoms with E-state index in [0.717, 1.165) is 40.9 Å². The van der Waals surface area contributed by atoms with Gasteiger partial charge in [0.05, 0.1) is 18.7 Å². The lowest BCUT2D eigenvalue weighted by molar-refractivity contribution is 0.0303. The van der Waals surface area contributed by atoms with Crippen LogP contribution in [0.4, 0.5) is 23.1 Å². The largest absolute Gasteiger partial charge is 0.384 e. The Balaban J connectivity index is 1.13. The zero-order valence-corrected chi connectivity index (χ0v) is 22.0. The number of anilines is 4. The minimum atomic E-state index is 0.0280. The lowest BCUT2D eigenvalue weighted by Gasteiger charge is -2.26. The van der Waals surface area contributed by atoms with Crippen LogP contribution >= 0.6 is 11.6 Å². The Hall–Kier alpha value is -3.95. The first-order valence-corrected chi connectivity index (χ1v) is 13.0. The molecule has 0 bridgehead atoms. The highest BCUT2D eigenvalue weighted by Crippen LogP contribution is 2.24. The lowest BCUT2D eigenvalue weighted by atomic mass is 10.1. The molecule has 2 aromatic carbocycles. The molecule has 3 N–H and O–H groups in total. The van der Waals surface area contributed by atoms with Gasteiger partial charge < -0.3 is 25.6 Å². The van der Waals surface area contributed by atoms with E-state index in [1.165, 1.54) is 0 Å². The predicted octanol–water partition coefficient (Wildman–Crippen LogP) is 5.12. The molecule has 0 unspecified atom stereocenters. The van der Waals surface area contributed by atoms with Crippen molar-refractivity contribution in [1.29, 1.82) is 0 Å². The Morgan fingerprint density at radius 3 is 2.61 bits per heavy atom. The molecule has 0 aliphatic carbocycles. The van der Waals surface area contributed by atoms with Crippen molar-refractivity contribution in [2.75, 3.05) is 55.3 Å². The van der Waals surface area contributed by atoms with Gasteiger partial charge in [-0.25, -0.2) is 4.98 Å². The smallest absolute Gasteiger partial charge is 0.254 e. The van der Waals surface area contributed by atoms with Crippen LogP contribution in [0, 0.1) is 6.92 Å². The molecule has 0 spiro atoms. The number of ether oxygens (including phenoxy) is 1. The number of aryl methyl sites for hydroxylation is 1. The molecule has 3 heterocycles. The number of carbonyl (C=O) groups is 1. The van der Waals surface area contributed by atoms with Crippen LogP contribution in [0.2, 0.25) is 5.02 Å². The van der Waals surface area contributed by atoms with Crippen molar-refractivity contribution in [2.45, 2.75) is 13.3 Å². The molecule has 38 heavy (non-hydrogen) atoms. The van der Waals surface area contributed by atoms with Crippen LogP contribution in [0.1, 0.15) is 22.5 Å². The maximum Gasteiger partial charge on any atom is 0.254 e. The fourth-order valence-electron chi connectivity index (χ4n) is 4.29. The van der Waals surface area contributed by atoms with Gasteiger partial charge in [0.2, 0.25) is 5.95 Å². The van der Waals surface area contributed by atoms with Gasteiger partial charge in [0, 0.05) is 71.5 Å². The van der Waals surface area contributed by atoms with Crippen molar-refractivity contribution in [3.05, 3.63) is 77.1 Å². The Bertz CT molecular complexity index is 1410. The van der Waals surface area contributed by atoms with Crippen molar-refractivity contribution in [3.63, 3.8) is 0 Å². The van der Waals surface area contributed by atoms with Gasteiger partial charge in [-0.2, -0.15) is 4.98 Å². The number of pyridine rings is 1. The standard InChI is InChI=1S/C28H30ClN7O2/c1-19-17-26(34-22-6-3-20(4-7-22)27(37)36-13-15-38-16-14-36)35-28(33-19)32-11-2-10-30-24-9-12-31-25-18-21(29)5-8-23(24)25/h3-9,12,17-18H,2,10-11,13-16H2,1H3,(H,30,31)(H2,32,33,34,35). The fraction of sp³-hybridized carbons (Fsp3) is 0.286. The van der Waals surface area contributed by atoms with E-state index in [1.54, 1.807) is 6.20 Å². The van der Waals surface area contributed by atoms with Gasteiger partial charge in [0.15, 0.2) is 0 Å². The van der Waals surface area contributed by atoms with Crippen molar-refractivity contribution < 1.29 is 9.53 Å². The number of nitrogens with zero attached hydrogens (tertiary/aromatic N) is 4. The molecule has 1 aliphatic rings. The van der Waals surface area contributed by atoms with Gasteiger partial charge in [-0.05, 0) is 61.9 Å². The molecule has 0 atom stereocenters. The molecule has 1 fully saturated rings. The van der Waals surface area contributed by atoms with Crippen LogP contribution < -0.4 is 16.0 Å².